The molecule has 3 heteroatoms. The summed E-state index contributed by atoms with van der Waals surface area (Å²) in [6.45, 7) is 9.96. The minimum Gasteiger partial charge on any atom is -0.394 e. The summed E-state index contributed by atoms with van der Waals surface area (Å²) in [6, 6.07) is 10.4. The Morgan fingerprint density at radius 3 is 2.30 bits per heavy atom. The van der Waals surface area contributed by atoms with Crippen LogP contribution >= 0.6 is 0 Å². The van der Waals surface area contributed by atoms with Crippen LogP contribution < -0.4 is 5.32 Å². The molecule has 3 nitrogen and oxygen atoms in total. The first-order chi connectivity index (χ1) is 9.50. The van der Waals surface area contributed by atoms with Crippen molar-refractivity contribution in [3.05, 3.63) is 35.9 Å². The minimum atomic E-state index is -0.424. The van der Waals surface area contributed by atoms with Gasteiger partial charge < -0.3 is 15.2 Å². The van der Waals surface area contributed by atoms with E-state index in [-0.39, 0.29) is 6.61 Å². The normalized spacial score (nSPS) is 14.8. The van der Waals surface area contributed by atoms with E-state index in [2.05, 4.69) is 45.1 Å². The molecule has 1 aromatic carbocycles. The molecule has 0 heterocycles. The van der Waals surface area contributed by atoms with Crippen LogP contribution in [0.1, 0.15) is 39.7 Å². The average Bonchev–Trinajstić information content (AvgIpc) is 2.42. The molecular formula is C17H29NO2. The molecule has 0 aliphatic rings. The van der Waals surface area contributed by atoms with Crippen molar-refractivity contribution in [1.29, 1.82) is 0 Å². The number of hydrogen-bond donors (Lipinski definition) is 2. The third-order valence-electron chi connectivity index (χ3n) is 3.29. The summed E-state index contributed by atoms with van der Waals surface area (Å²) in [4.78, 5) is 0. The molecule has 0 aliphatic carbocycles. The molecule has 1 aromatic rings. The Kier molecular flexibility index (Phi) is 7.20. The Labute approximate surface area is 123 Å². The molecule has 114 valence electrons. The predicted octanol–water partition coefficient (Wildman–Crippen LogP) is 2.93. The first-order valence-corrected chi connectivity index (χ1v) is 7.52. The highest BCUT2D eigenvalue weighted by Gasteiger charge is 2.31. The maximum absolute atomic E-state index is 9.97. The Morgan fingerprint density at radius 2 is 1.80 bits per heavy atom. The largest absolute Gasteiger partial charge is 0.394 e. The lowest BCUT2D eigenvalue weighted by molar-refractivity contribution is 0.0629. The molecule has 0 saturated heterocycles. The zero-order chi connectivity index (χ0) is 15.0. The van der Waals surface area contributed by atoms with Gasteiger partial charge in [0.2, 0.25) is 0 Å². The number of nitrogens with one attached hydrogen (secondary N) is 1. The van der Waals surface area contributed by atoms with E-state index in [9.17, 15) is 5.11 Å². The molecule has 0 radical (unpaired) electrons. The van der Waals surface area contributed by atoms with Crippen molar-refractivity contribution in [1.82, 2.24) is 5.32 Å². The van der Waals surface area contributed by atoms with Gasteiger partial charge in [0.05, 0.1) is 12.1 Å². The number of aliphatic hydroxyl groups excluding tert-OH is 1. The van der Waals surface area contributed by atoms with Gasteiger partial charge in [-0.1, -0.05) is 44.2 Å². The third kappa shape index (κ3) is 5.23. The van der Waals surface area contributed by atoms with Crippen molar-refractivity contribution in [2.45, 2.75) is 45.7 Å². The van der Waals surface area contributed by atoms with E-state index in [1.54, 1.807) is 0 Å². The quantitative estimate of drug-likeness (QED) is 0.683. The highest BCUT2D eigenvalue weighted by molar-refractivity contribution is 5.25. The SMILES string of the molecule is CC(C)COCCC(CO)(NC(C)C)c1ccccc1. The number of rotatable bonds is 9. The van der Waals surface area contributed by atoms with Gasteiger partial charge in [-0.2, -0.15) is 0 Å². The lowest BCUT2D eigenvalue weighted by atomic mass is 9.87. The van der Waals surface area contributed by atoms with E-state index < -0.39 is 5.54 Å². The van der Waals surface area contributed by atoms with Crippen molar-refractivity contribution in [2.75, 3.05) is 19.8 Å². The summed E-state index contributed by atoms with van der Waals surface area (Å²) in [5, 5.41) is 13.5. The van der Waals surface area contributed by atoms with Crippen LogP contribution in [0.15, 0.2) is 30.3 Å². The molecule has 1 rings (SSSR count). The summed E-state index contributed by atoms with van der Waals surface area (Å²) in [7, 11) is 0. The van der Waals surface area contributed by atoms with Crippen LogP contribution in [0.2, 0.25) is 0 Å². The van der Waals surface area contributed by atoms with Crippen molar-refractivity contribution in [3.8, 4) is 0 Å². The standard InChI is InChI=1S/C17H29NO2/c1-14(2)12-20-11-10-17(13-19,18-15(3)4)16-8-6-5-7-9-16/h5-9,14-15,18-19H,10-13H2,1-4H3. The second-order valence-electron chi connectivity index (χ2n) is 6.12. The maximum Gasteiger partial charge on any atom is 0.0693 e. The van der Waals surface area contributed by atoms with Gasteiger partial charge in [0.1, 0.15) is 0 Å². The van der Waals surface area contributed by atoms with Crippen molar-refractivity contribution < 1.29 is 9.84 Å². The van der Waals surface area contributed by atoms with Crippen LogP contribution in [-0.4, -0.2) is 31.0 Å². The van der Waals surface area contributed by atoms with Gasteiger partial charge in [0.25, 0.3) is 0 Å². The molecule has 0 bridgehead atoms. The fourth-order valence-corrected chi connectivity index (χ4v) is 2.39. The van der Waals surface area contributed by atoms with Crippen LogP contribution in [0.3, 0.4) is 0 Å². The smallest absolute Gasteiger partial charge is 0.0693 e. The lowest BCUT2D eigenvalue weighted by Gasteiger charge is -2.36. The van der Waals surface area contributed by atoms with Gasteiger partial charge in [-0.05, 0) is 31.7 Å². The Morgan fingerprint density at radius 1 is 1.15 bits per heavy atom. The van der Waals surface area contributed by atoms with E-state index in [0.29, 0.717) is 18.6 Å². The first kappa shape index (κ1) is 17.2. The van der Waals surface area contributed by atoms with Crippen molar-refractivity contribution >= 4 is 0 Å². The maximum atomic E-state index is 9.97. The molecule has 0 aliphatic heterocycles. The summed E-state index contributed by atoms with van der Waals surface area (Å²) >= 11 is 0. The second-order valence-corrected chi connectivity index (χ2v) is 6.12. The summed E-state index contributed by atoms with van der Waals surface area (Å²) < 4.78 is 5.70. The molecular weight excluding hydrogens is 250 g/mol. The third-order valence-corrected chi connectivity index (χ3v) is 3.29. The van der Waals surface area contributed by atoms with Crippen LogP contribution in [0.4, 0.5) is 0 Å². The molecule has 1 unspecified atom stereocenters. The van der Waals surface area contributed by atoms with Crippen molar-refractivity contribution in [2.24, 2.45) is 5.92 Å². The monoisotopic (exact) mass is 279 g/mol. The Hall–Kier alpha value is -0.900. The van der Waals surface area contributed by atoms with E-state index in [1.807, 2.05) is 18.2 Å². The van der Waals surface area contributed by atoms with Gasteiger partial charge in [-0.25, -0.2) is 0 Å². The first-order valence-electron chi connectivity index (χ1n) is 7.52. The molecule has 0 amide bonds. The lowest BCUT2D eigenvalue weighted by Crippen LogP contribution is -2.49. The van der Waals surface area contributed by atoms with E-state index in [4.69, 9.17) is 4.74 Å². The van der Waals surface area contributed by atoms with Crippen LogP contribution in [-0.2, 0) is 10.3 Å². The van der Waals surface area contributed by atoms with Gasteiger partial charge in [-0.3, -0.25) is 0 Å². The molecule has 20 heavy (non-hydrogen) atoms. The minimum absolute atomic E-state index is 0.0697. The number of hydrogen-bond acceptors (Lipinski definition) is 3. The average molecular weight is 279 g/mol. The number of aliphatic hydroxyl groups is 1. The highest BCUT2D eigenvalue weighted by atomic mass is 16.5. The van der Waals surface area contributed by atoms with Gasteiger partial charge in [0.15, 0.2) is 0 Å². The van der Waals surface area contributed by atoms with Gasteiger partial charge in [0, 0.05) is 19.3 Å². The number of benzene rings is 1. The molecule has 2 N–H and O–H groups in total. The van der Waals surface area contributed by atoms with Gasteiger partial charge >= 0.3 is 0 Å². The molecule has 0 aromatic heterocycles. The van der Waals surface area contributed by atoms with Crippen LogP contribution in [0, 0.1) is 5.92 Å². The van der Waals surface area contributed by atoms with Crippen LogP contribution in [0.25, 0.3) is 0 Å². The zero-order valence-electron chi connectivity index (χ0n) is 13.2. The highest BCUT2D eigenvalue weighted by Crippen LogP contribution is 2.25. The Bertz CT molecular complexity index is 365. The zero-order valence-corrected chi connectivity index (χ0v) is 13.2. The van der Waals surface area contributed by atoms with E-state index in [0.717, 1.165) is 18.6 Å². The molecule has 1 atom stereocenters. The summed E-state index contributed by atoms with van der Waals surface area (Å²) in [5.74, 6) is 0.535. The summed E-state index contributed by atoms with van der Waals surface area (Å²) in [5.41, 5.74) is 0.691. The van der Waals surface area contributed by atoms with Crippen LogP contribution in [0.5, 0.6) is 0 Å². The fourth-order valence-electron chi connectivity index (χ4n) is 2.39. The summed E-state index contributed by atoms with van der Waals surface area (Å²) in [6.07, 6.45) is 0.762. The molecule has 0 saturated carbocycles. The predicted molar refractivity (Wildman–Crippen MR) is 83.8 cm³/mol. The number of ether oxygens (including phenoxy) is 1. The fraction of sp³-hybridized carbons (Fsp3) is 0.647. The molecule has 0 spiro atoms. The topological polar surface area (TPSA) is 41.5 Å². The van der Waals surface area contributed by atoms with Crippen molar-refractivity contribution in [3.63, 3.8) is 0 Å². The van der Waals surface area contributed by atoms with Gasteiger partial charge in [-0.15, -0.1) is 0 Å². The van der Waals surface area contributed by atoms with E-state index >= 15 is 0 Å². The Balaban J connectivity index is 2.78. The molecule has 0 fully saturated rings. The second kappa shape index (κ2) is 8.40. The van der Waals surface area contributed by atoms with E-state index in [1.165, 1.54) is 0 Å².